The lowest BCUT2D eigenvalue weighted by molar-refractivity contribution is -0.155. The van der Waals surface area contributed by atoms with Gasteiger partial charge in [-0.15, -0.1) is 0 Å². The Balaban J connectivity index is 1.61. The maximum Gasteiger partial charge on any atom is 0.344 e. The lowest BCUT2D eigenvalue weighted by Gasteiger charge is -2.30. The largest absolute Gasteiger partial charge is 0.480 e. The van der Waals surface area contributed by atoms with Crippen molar-refractivity contribution in [2.24, 2.45) is 0 Å². The molecule has 0 bridgehead atoms. The van der Waals surface area contributed by atoms with E-state index < -0.39 is 30.4 Å². The lowest BCUT2D eigenvalue weighted by Crippen LogP contribution is -2.47. The molecule has 1 atom stereocenters. The van der Waals surface area contributed by atoms with Crippen LogP contribution >= 0.6 is 11.6 Å². The number of benzene rings is 2. The molecule has 0 aromatic heterocycles. The molecule has 0 saturated heterocycles. The van der Waals surface area contributed by atoms with E-state index >= 15 is 0 Å². The highest BCUT2D eigenvalue weighted by atomic mass is 35.5. The zero-order valence-corrected chi connectivity index (χ0v) is 15.5. The molecule has 0 spiro atoms. The van der Waals surface area contributed by atoms with Crippen LogP contribution in [0.15, 0.2) is 42.5 Å². The topological polar surface area (TPSA) is 84.9 Å². The van der Waals surface area contributed by atoms with E-state index in [4.69, 9.17) is 21.1 Å². The van der Waals surface area contributed by atoms with Crippen molar-refractivity contribution in [2.45, 2.75) is 13.0 Å². The highest BCUT2D eigenvalue weighted by Crippen LogP contribution is 2.29. The van der Waals surface area contributed by atoms with Crippen molar-refractivity contribution in [2.75, 3.05) is 23.4 Å². The van der Waals surface area contributed by atoms with Crippen molar-refractivity contribution >= 4 is 40.8 Å². The number of para-hydroxylation sites is 2. The van der Waals surface area contributed by atoms with Crippen molar-refractivity contribution < 1.29 is 28.2 Å². The molecule has 0 saturated carbocycles. The minimum atomic E-state index is -1.14. The van der Waals surface area contributed by atoms with Crippen LogP contribution in [0.2, 0.25) is 5.02 Å². The van der Waals surface area contributed by atoms with Crippen molar-refractivity contribution in [3.8, 4) is 5.75 Å². The van der Waals surface area contributed by atoms with Gasteiger partial charge in [0.2, 0.25) is 5.91 Å². The van der Waals surface area contributed by atoms with Gasteiger partial charge in [0.25, 0.3) is 5.91 Å². The fourth-order valence-electron chi connectivity index (χ4n) is 2.66. The second-order valence-electron chi connectivity index (χ2n) is 5.99. The number of hydrogen-bond acceptors (Lipinski definition) is 5. The number of nitrogens with one attached hydrogen (secondary N) is 1. The molecule has 2 amide bonds. The van der Waals surface area contributed by atoms with Crippen molar-refractivity contribution in [3.63, 3.8) is 0 Å². The molecule has 0 unspecified atom stereocenters. The van der Waals surface area contributed by atoms with Gasteiger partial charge in [0.15, 0.2) is 12.7 Å². The van der Waals surface area contributed by atoms with Crippen LogP contribution in [0.1, 0.15) is 6.92 Å². The van der Waals surface area contributed by atoms with Crippen molar-refractivity contribution in [1.82, 2.24) is 0 Å². The summed E-state index contributed by atoms with van der Waals surface area (Å²) in [5, 5.41) is 2.68. The van der Waals surface area contributed by atoms with Crippen LogP contribution in [0.25, 0.3) is 0 Å². The zero-order chi connectivity index (χ0) is 20.3. The highest BCUT2D eigenvalue weighted by molar-refractivity contribution is 6.32. The molecule has 1 aliphatic rings. The summed E-state index contributed by atoms with van der Waals surface area (Å²) in [7, 11) is 0. The van der Waals surface area contributed by atoms with Crippen LogP contribution in [-0.2, 0) is 19.1 Å². The molecule has 0 fully saturated rings. The van der Waals surface area contributed by atoms with Gasteiger partial charge in [0.1, 0.15) is 18.1 Å². The molecule has 1 aliphatic heterocycles. The molecule has 2 aromatic carbocycles. The van der Waals surface area contributed by atoms with Crippen LogP contribution in [-0.4, -0.2) is 37.0 Å². The number of carbonyl (C=O) groups excluding carboxylic acids is 3. The first-order chi connectivity index (χ1) is 13.3. The second-order valence-corrected chi connectivity index (χ2v) is 6.39. The summed E-state index contributed by atoms with van der Waals surface area (Å²) in [6.07, 6.45) is -1.14. The molecular formula is C19H16ClFN2O5. The Morgan fingerprint density at radius 2 is 2.04 bits per heavy atom. The first-order valence-corrected chi connectivity index (χ1v) is 8.70. The quantitative estimate of drug-likeness (QED) is 0.772. The molecule has 28 heavy (non-hydrogen) atoms. The highest BCUT2D eigenvalue weighted by Gasteiger charge is 2.31. The van der Waals surface area contributed by atoms with E-state index in [0.29, 0.717) is 11.4 Å². The summed E-state index contributed by atoms with van der Waals surface area (Å²) in [5.41, 5.74) is 1.02. The molecular weight excluding hydrogens is 391 g/mol. The van der Waals surface area contributed by atoms with Gasteiger partial charge < -0.3 is 14.8 Å². The van der Waals surface area contributed by atoms with E-state index in [1.807, 2.05) is 0 Å². The van der Waals surface area contributed by atoms with Crippen LogP contribution in [0, 0.1) is 5.82 Å². The number of halogens is 2. The molecule has 0 radical (unpaired) electrons. The average molecular weight is 407 g/mol. The summed E-state index contributed by atoms with van der Waals surface area (Å²) in [6, 6.07) is 10.3. The minimum absolute atomic E-state index is 0.00728. The Bertz CT molecular complexity index is 936. The molecule has 7 nitrogen and oxygen atoms in total. The van der Waals surface area contributed by atoms with Gasteiger partial charge in [-0.1, -0.05) is 23.7 Å². The van der Waals surface area contributed by atoms with Gasteiger partial charge in [0, 0.05) is 0 Å². The first-order valence-electron chi connectivity index (χ1n) is 8.32. The Kier molecular flexibility index (Phi) is 5.79. The third-order valence-corrected chi connectivity index (χ3v) is 4.23. The number of hydrogen-bond donors (Lipinski definition) is 1. The summed E-state index contributed by atoms with van der Waals surface area (Å²) >= 11 is 5.82. The Hall–Kier alpha value is -3.13. The summed E-state index contributed by atoms with van der Waals surface area (Å²) in [6.45, 7) is 0.708. The van der Waals surface area contributed by atoms with Gasteiger partial charge in [-0.25, -0.2) is 9.18 Å². The monoisotopic (exact) mass is 406 g/mol. The minimum Gasteiger partial charge on any atom is -0.480 e. The number of rotatable bonds is 5. The number of amides is 2. The van der Waals surface area contributed by atoms with Crippen molar-refractivity contribution in [3.05, 3.63) is 53.3 Å². The normalized spacial score (nSPS) is 14.0. The van der Waals surface area contributed by atoms with Gasteiger partial charge in [-0.05, 0) is 37.3 Å². The van der Waals surface area contributed by atoms with Crippen LogP contribution < -0.4 is 15.0 Å². The number of fused-ring (bicyclic) bond motifs is 1. The number of anilines is 2. The van der Waals surface area contributed by atoms with Gasteiger partial charge in [-0.3, -0.25) is 14.5 Å². The van der Waals surface area contributed by atoms with E-state index in [1.54, 1.807) is 24.3 Å². The van der Waals surface area contributed by atoms with E-state index in [9.17, 15) is 18.8 Å². The number of carbonyl (C=O) groups is 3. The van der Waals surface area contributed by atoms with E-state index in [-0.39, 0.29) is 23.2 Å². The molecule has 0 aliphatic carbocycles. The Morgan fingerprint density at radius 3 is 2.79 bits per heavy atom. The van der Waals surface area contributed by atoms with E-state index in [0.717, 1.165) is 12.1 Å². The third-order valence-electron chi connectivity index (χ3n) is 3.93. The van der Waals surface area contributed by atoms with Gasteiger partial charge >= 0.3 is 5.97 Å². The molecule has 2 aromatic rings. The maximum atomic E-state index is 13.0. The summed E-state index contributed by atoms with van der Waals surface area (Å²) in [5.74, 6) is -2.13. The predicted octanol–water partition coefficient (Wildman–Crippen LogP) is 2.77. The lowest BCUT2D eigenvalue weighted by atomic mass is 10.1. The van der Waals surface area contributed by atoms with Gasteiger partial charge in [-0.2, -0.15) is 0 Å². The second kappa shape index (κ2) is 8.26. The average Bonchev–Trinajstić information content (AvgIpc) is 2.66. The van der Waals surface area contributed by atoms with Gasteiger partial charge in [0.05, 0.1) is 16.4 Å². The zero-order valence-electron chi connectivity index (χ0n) is 14.8. The van der Waals surface area contributed by atoms with E-state index in [1.165, 1.54) is 17.9 Å². The Labute approximate surface area is 165 Å². The predicted molar refractivity (Wildman–Crippen MR) is 99.9 cm³/mol. The fourth-order valence-corrected chi connectivity index (χ4v) is 2.88. The fraction of sp³-hybridized carbons (Fsp3) is 0.211. The molecule has 146 valence electrons. The van der Waals surface area contributed by atoms with E-state index in [2.05, 4.69) is 5.32 Å². The van der Waals surface area contributed by atoms with Crippen LogP contribution in [0.5, 0.6) is 5.75 Å². The standard InChI is InChI=1S/C19H16ClFN2O5/c1-11(28-18(25)10-27-16-7-6-12(21)8-13(16)20)19(26)23-9-17(24)22-14-4-2-3-5-15(14)23/h2-8,11H,9-10H2,1H3,(H,22,24)/t11-/m0/s1. The third kappa shape index (κ3) is 4.40. The number of ether oxygens (including phenoxy) is 2. The van der Waals surface area contributed by atoms with Crippen LogP contribution in [0.4, 0.5) is 15.8 Å². The molecule has 1 N–H and O–H groups in total. The molecule has 1 heterocycles. The number of nitrogens with zero attached hydrogens (tertiary/aromatic N) is 1. The Morgan fingerprint density at radius 1 is 1.29 bits per heavy atom. The van der Waals surface area contributed by atoms with Crippen LogP contribution in [0.3, 0.4) is 0 Å². The van der Waals surface area contributed by atoms with Crippen molar-refractivity contribution in [1.29, 1.82) is 0 Å². The smallest absolute Gasteiger partial charge is 0.344 e. The molecule has 9 heteroatoms. The first kappa shape index (κ1) is 19.6. The maximum absolute atomic E-state index is 13.0. The summed E-state index contributed by atoms with van der Waals surface area (Å²) < 4.78 is 23.3. The molecule has 3 rings (SSSR count). The SMILES string of the molecule is C[C@H](OC(=O)COc1ccc(F)cc1Cl)C(=O)N1CC(=O)Nc2ccccc21. The summed E-state index contributed by atoms with van der Waals surface area (Å²) in [4.78, 5) is 37.7. The number of esters is 1.